The first kappa shape index (κ1) is 13.9. The van der Waals surface area contributed by atoms with Gasteiger partial charge in [-0.2, -0.15) is 0 Å². The van der Waals surface area contributed by atoms with Crippen LogP contribution >= 0.6 is 0 Å². The van der Waals surface area contributed by atoms with Gasteiger partial charge in [0.1, 0.15) is 0 Å². The van der Waals surface area contributed by atoms with Crippen LogP contribution in [0.5, 0.6) is 17.2 Å². The maximum absolute atomic E-state index is 14.5. The highest BCUT2D eigenvalue weighted by molar-refractivity contribution is 5.54. The molecule has 1 aromatic carbocycles. The molecule has 1 fully saturated rings. The summed E-state index contributed by atoms with van der Waals surface area (Å²) in [5, 5.41) is 19.8. The van der Waals surface area contributed by atoms with Gasteiger partial charge >= 0.3 is 0 Å². The Bertz CT molecular complexity index is 470. The van der Waals surface area contributed by atoms with Gasteiger partial charge in [-0.05, 0) is 12.8 Å². The van der Waals surface area contributed by atoms with E-state index in [1.165, 1.54) is 7.11 Å². The predicted molar refractivity (Wildman–Crippen MR) is 70.1 cm³/mol. The van der Waals surface area contributed by atoms with Crippen molar-refractivity contribution in [2.45, 2.75) is 37.5 Å². The Hall–Kier alpha value is -1.49. The van der Waals surface area contributed by atoms with Gasteiger partial charge in [0, 0.05) is 23.6 Å². The smallest absolute Gasteiger partial charge is 0.172 e. The van der Waals surface area contributed by atoms with Crippen LogP contribution in [0.25, 0.3) is 0 Å². The molecule has 2 rings (SSSR count). The van der Waals surface area contributed by atoms with Crippen molar-refractivity contribution in [1.29, 1.82) is 0 Å². The van der Waals surface area contributed by atoms with Crippen LogP contribution in [-0.2, 0) is 5.41 Å². The third kappa shape index (κ3) is 2.23. The zero-order valence-corrected chi connectivity index (χ0v) is 11.1. The van der Waals surface area contributed by atoms with E-state index in [9.17, 15) is 14.6 Å². The quantitative estimate of drug-likeness (QED) is 0.736. The third-order valence-corrected chi connectivity index (χ3v) is 4.13. The van der Waals surface area contributed by atoms with Crippen LogP contribution in [0.3, 0.4) is 0 Å². The van der Waals surface area contributed by atoms with Gasteiger partial charge in [0.2, 0.25) is 0 Å². The molecule has 0 radical (unpaired) electrons. The number of phenols is 2. The third-order valence-electron chi connectivity index (χ3n) is 4.13. The largest absolute Gasteiger partial charge is 0.504 e. The van der Waals surface area contributed by atoms with E-state index in [0.29, 0.717) is 12.8 Å². The Morgan fingerprint density at radius 2 is 1.95 bits per heavy atom. The Balaban J connectivity index is 2.62. The highest BCUT2D eigenvalue weighted by Crippen LogP contribution is 2.48. The topological polar surface area (TPSA) is 75.7 Å². The molecule has 106 valence electrons. The summed E-state index contributed by atoms with van der Waals surface area (Å²) in [5.74, 6) is -1.47. The Morgan fingerprint density at radius 3 is 2.47 bits per heavy atom. The molecular formula is C14H20FNO3. The maximum atomic E-state index is 14.5. The Kier molecular flexibility index (Phi) is 3.85. The second kappa shape index (κ2) is 5.25. The van der Waals surface area contributed by atoms with E-state index in [2.05, 4.69) is 0 Å². The average Bonchev–Trinajstić information content (AvgIpc) is 2.44. The van der Waals surface area contributed by atoms with Gasteiger partial charge in [-0.1, -0.05) is 19.3 Å². The molecule has 0 bridgehead atoms. The van der Waals surface area contributed by atoms with E-state index >= 15 is 0 Å². The number of hydrogen-bond acceptors (Lipinski definition) is 4. The second-order valence-corrected chi connectivity index (χ2v) is 5.18. The minimum absolute atomic E-state index is 0.0660. The number of rotatable bonds is 3. The number of hydrogen-bond donors (Lipinski definition) is 3. The fourth-order valence-corrected chi connectivity index (χ4v) is 3.03. The van der Waals surface area contributed by atoms with Crippen LogP contribution < -0.4 is 10.5 Å². The minimum Gasteiger partial charge on any atom is -0.504 e. The van der Waals surface area contributed by atoms with E-state index in [-0.39, 0.29) is 23.6 Å². The predicted octanol–water partition coefficient (Wildman–Crippen LogP) is 2.41. The molecular weight excluding hydrogens is 249 g/mol. The van der Waals surface area contributed by atoms with Gasteiger partial charge in [-0.25, -0.2) is 4.39 Å². The molecule has 4 N–H and O–H groups in total. The van der Waals surface area contributed by atoms with E-state index in [0.717, 1.165) is 25.3 Å². The lowest BCUT2D eigenvalue weighted by Crippen LogP contribution is -2.38. The number of benzene rings is 1. The summed E-state index contributed by atoms with van der Waals surface area (Å²) in [6.07, 6.45) is 4.38. The number of phenolic OH excluding ortho intramolecular Hbond substituents is 2. The van der Waals surface area contributed by atoms with Crippen molar-refractivity contribution in [1.82, 2.24) is 0 Å². The highest BCUT2D eigenvalue weighted by atomic mass is 19.1. The highest BCUT2D eigenvalue weighted by Gasteiger charge is 2.39. The van der Waals surface area contributed by atoms with Crippen molar-refractivity contribution in [2.24, 2.45) is 5.73 Å². The molecule has 0 spiro atoms. The molecule has 1 aliphatic rings. The number of ether oxygens (including phenoxy) is 1. The lowest BCUT2D eigenvalue weighted by molar-refractivity contribution is 0.270. The summed E-state index contributed by atoms with van der Waals surface area (Å²) in [5.41, 5.74) is 5.34. The van der Waals surface area contributed by atoms with Crippen molar-refractivity contribution >= 4 is 0 Å². The molecule has 0 saturated heterocycles. The summed E-state index contributed by atoms with van der Waals surface area (Å²) >= 11 is 0. The first-order valence-electron chi connectivity index (χ1n) is 6.54. The number of halogens is 1. The second-order valence-electron chi connectivity index (χ2n) is 5.18. The van der Waals surface area contributed by atoms with E-state index in [1.54, 1.807) is 0 Å². The summed E-state index contributed by atoms with van der Waals surface area (Å²) in [7, 11) is 1.33. The molecule has 0 unspecified atom stereocenters. The molecule has 0 heterocycles. The maximum Gasteiger partial charge on any atom is 0.172 e. The zero-order valence-electron chi connectivity index (χ0n) is 11.1. The lowest BCUT2D eigenvalue weighted by atomic mass is 9.69. The average molecular weight is 269 g/mol. The van der Waals surface area contributed by atoms with Gasteiger partial charge < -0.3 is 20.7 Å². The van der Waals surface area contributed by atoms with Crippen molar-refractivity contribution < 1.29 is 19.3 Å². The van der Waals surface area contributed by atoms with Crippen molar-refractivity contribution in [3.05, 3.63) is 17.4 Å². The van der Waals surface area contributed by atoms with Gasteiger partial charge in [0.05, 0.1) is 7.11 Å². The van der Waals surface area contributed by atoms with Gasteiger partial charge in [-0.15, -0.1) is 0 Å². The number of aromatic hydroxyl groups is 2. The lowest BCUT2D eigenvalue weighted by Gasteiger charge is -2.37. The van der Waals surface area contributed by atoms with E-state index < -0.39 is 17.0 Å². The van der Waals surface area contributed by atoms with Crippen LogP contribution in [0.15, 0.2) is 6.07 Å². The first-order valence-corrected chi connectivity index (χ1v) is 6.54. The molecule has 1 aliphatic carbocycles. The molecule has 0 atom stereocenters. The molecule has 0 aliphatic heterocycles. The summed E-state index contributed by atoms with van der Waals surface area (Å²) in [6, 6.07) is 1.08. The minimum atomic E-state index is -0.620. The SMILES string of the molecule is COc1cc(O)c(O)c(C2(CN)CCCCC2)c1F. The normalized spacial score (nSPS) is 18.3. The van der Waals surface area contributed by atoms with Gasteiger partial charge in [0.15, 0.2) is 23.1 Å². The zero-order chi connectivity index (χ0) is 14.0. The molecule has 5 heteroatoms. The van der Waals surface area contributed by atoms with Crippen LogP contribution in [0.4, 0.5) is 4.39 Å². The molecule has 4 nitrogen and oxygen atoms in total. The standard InChI is InChI=1S/C14H20FNO3/c1-19-10-7-9(17)13(18)11(12(10)15)14(8-16)5-3-2-4-6-14/h7,17-18H,2-6,8,16H2,1H3. The van der Waals surface area contributed by atoms with E-state index in [4.69, 9.17) is 10.5 Å². The number of nitrogens with two attached hydrogens (primary N) is 1. The fraction of sp³-hybridized carbons (Fsp3) is 0.571. The molecule has 0 aromatic heterocycles. The summed E-state index contributed by atoms with van der Waals surface area (Å²) < 4.78 is 19.4. The Morgan fingerprint density at radius 1 is 1.32 bits per heavy atom. The van der Waals surface area contributed by atoms with Crippen molar-refractivity contribution in [3.63, 3.8) is 0 Å². The van der Waals surface area contributed by atoms with Crippen LogP contribution in [0, 0.1) is 5.82 Å². The van der Waals surface area contributed by atoms with Gasteiger partial charge in [-0.3, -0.25) is 0 Å². The molecule has 0 amide bonds. The molecule has 1 aromatic rings. The first-order chi connectivity index (χ1) is 9.05. The monoisotopic (exact) mass is 269 g/mol. The van der Waals surface area contributed by atoms with Crippen LogP contribution in [-0.4, -0.2) is 23.9 Å². The van der Waals surface area contributed by atoms with Gasteiger partial charge in [0.25, 0.3) is 0 Å². The van der Waals surface area contributed by atoms with Crippen molar-refractivity contribution in [3.8, 4) is 17.2 Å². The number of methoxy groups -OCH3 is 1. The van der Waals surface area contributed by atoms with Crippen LogP contribution in [0.1, 0.15) is 37.7 Å². The summed E-state index contributed by atoms with van der Waals surface area (Å²) in [4.78, 5) is 0. The molecule has 19 heavy (non-hydrogen) atoms. The molecule has 1 saturated carbocycles. The fourth-order valence-electron chi connectivity index (χ4n) is 3.03. The van der Waals surface area contributed by atoms with E-state index in [1.807, 2.05) is 0 Å². The van der Waals surface area contributed by atoms with Crippen LogP contribution in [0.2, 0.25) is 0 Å². The van der Waals surface area contributed by atoms with Crippen molar-refractivity contribution in [2.75, 3.05) is 13.7 Å². The summed E-state index contributed by atoms with van der Waals surface area (Å²) in [6.45, 7) is 0.240. The Labute approximate surface area is 112 Å².